The maximum absolute atomic E-state index is 12.1. The minimum atomic E-state index is -3.66. The molecule has 0 saturated carbocycles. The molecule has 25 heavy (non-hydrogen) atoms. The van der Waals surface area contributed by atoms with Gasteiger partial charge in [-0.3, -0.25) is 4.79 Å². The molecule has 8 heteroatoms. The number of ether oxygens (including phenoxy) is 1. The largest absolute Gasteiger partial charge is 0.378 e. The van der Waals surface area contributed by atoms with Crippen LogP contribution < -0.4 is 10.0 Å². The molecular weight excluding hydrogens is 364 g/mol. The van der Waals surface area contributed by atoms with Crippen molar-refractivity contribution in [2.24, 2.45) is 0 Å². The fraction of sp³-hybridized carbons (Fsp3) is 0.588. The van der Waals surface area contributed by atoms with Crippen molar-refractivity contribution >= 4 is 27.5 Å². The number of nitrogens with one attached hydrogen (secondary N) is 2. The molecule has 1 amide bonds. The Hall–Kier alpha value is -1.15. The van der Waals surface area contributed by atoms with Crippen LogP contribution in [0.2, 0.25) is 5.02 Å². The minimum Gasteiger partial charge on any atom is -0.378 e. The van der Waals surface area contributed by atoms with E-state index in [-0.39, 0.29) is 29.8 Å². The Bertz CT molecular complexity index is 675. The van der Waals surface area contributed by atoms with Crippen LogP contribution in [0.1, 0.15) is 39.0 Å². The summed E-state index contributed by atoms with van der Waals surface area (Å²) >= 11 is 5.80. The molecule has 1 aliphatic rings. The SMILES string of the molecule is CC(CCC1CCCO1)NC(=O)CCNS(=O)(=O)c1cccc(Cl)c1. The van der Waals surface area contributed by atoms with E-state index in [4.69, 9.17) is 16.3 Å². The third-order valence-electron chi connectivity index (χ3n) is 4.10. The van der Waals surface area contributed by atoms with Crippen molar-refractivity contribution in [3.05, 3.63) is 29.3 Å². The summed E-state index contributed by atoms with van der Waals surface area (Å²) in [5.74, 6) is -0.173. The molecule has 2 atom stereocenters. The number of benzene rings is 1. The van der Waals surface area contributed by atoms with Crippen molar-refractivity contribution in [3.8, 4) is 0 Å². The lowest BCUT2D eigenvalue weighted by Gasteiger charge is -2.16. The minimum absolute atomic E-state index is 0.0408. The first-order valence-corrected chi connectivity index (χ1v) is 10.4. The monoisotopic (exact) mass is 388 g/mol. The number of hydrogen-bond donors (Lipinski definition) is 2. The molecular formula is C17H25ClN2O4S. The molecule has 0 aromatic heterocycles. The zero-order valence-electron chi connectivity index (χ0n) is 14.3. The number of amides is 1. The Kier molecular flexibility index (Phi) is 7.68. The summed E-state index contributed by atoms with van der Waals surface area (Å²) in [7, 11) is -3.66. The lowest BCUT2D eigenvalue weighted by Crippen LogP contribution is -2.36. The molecule has 0 radical (unpaired) electrons. The Morgan fingerprint density at radius 2 is 2.24 bits per heavy atom. The molecule has 6 nitrogen and oxygen atoms in total. The summed E-state index contributed by atoms with van der Waals surface area (Å²) in [5, 5.41) is 3.24. The lowest BCUT2D eigenvalue weighted by atomic mass is 10.1. The van der Waals surface area contributed by atoms with Crippen LogP contribution in [0.15, 0.2) is 29.2 Å². The van der Waals surface area contributed by atoms with E-state index in [1.165, 1.54) is 12.1 Å². The van der Waals surface area contributed by atoms with Gasteiger partial charge in [-0.1, -0.05) is 17.7 Å². The summed E-state index contributed by atoms with van der Waals surface area (Å²) in [6, 6.07) is 6.05. The predicted molar refractivity (Wildman–Crippen MR) is 97.1 cm³/mol. The molecule has 1 heterocycles. The van der Waals surface area contributed by atoms with Crippen molar-refractivity contribution in [2.45, 2.75) is 56.1 Å². The van der Waals surface area contributed by atoms with Crippen LogP contribution in [0.25, 0.3) is 0 Å². The smallest absolute Gasteiger partial charge is 0.240 e. The number of carbonyl (C=O) groups excluding carboxylic acids is 1. The summed E-state index contributed by atoms with van der Waals surface area (Å²) in [4.78, 5) is 12.0. The van der Waals surface area contributed by atoms with Gasteiger partial charge in [-0.2, -0.15) is 0 Å². The second-order valence-corrected chi connectivity index (χ2v) is 8.49. The third kappa shape index (κ3) is 6.93. The lowest BCUT2D eigenvalue weighted by molar-refractivity contribution is -0.121. The topological polar surface area (TPSA) is 84.5 Å². The molecule has 1 aliphatic heterocycles. The van der Waals surface area contributed by atoms with E-state index >= 15 is 0 Å². The molecule has 1 saturated heterocycles. The van der Waals surface area contributed by atoms with Crippen molar-refractivity contribution < 1.29 is 17.9 Å². The molecule has 0 spiro atoms. The van der Waals surface area contributed by atoms with Crippen LogP contribution >= 0.6 is 11.6 Å². The first-order chi connectivity index (χ1) is 11.9. The summed E-state index contributed by atoms with van der Waals surface area (Å²) in [6.07, 6.45) is 4.38. The van der Waals surface area contributed by atoms with Gasteiger partial charge in [0.2, 0.25) is 15.9 Å². The first kappa shape index (κ1) is 20.2. The Morgan fingerprint density at radius 1 is 1.44 bits per heavy atom. The normalized spacial score (nSPS) is 18.9. The third-order valence-corrected chi connectivity index (χ3v) is 5.80. The van der Waals surface area contributed by atoms with E-state index < -0.39 is 10.0 Å². The summed E-state index contributed by atoms with van der Waals surface area (Å²) in [6.45, 7) is 2.82. The van der Waals surface area contributed by atoms with Gasteiger partial charge < -0.3 is 10.1 Å². The number of halogens is 1. The van der Waals surface area contributed by atoms with Gasteiger partial charge in [-0.05, 0) is 50.8 Å². The molecule has 2 unspecified atom stereocenters. The van der Waals surface area contributed by atoms with E-state index in [0.717, 1.165) is 32.3 Å². The number of hydrogen-bond acceptors (Lipinski definition) is 4. The van der Waals surface area contributed by atoms with Crippen LogP contribution in [0, 0.1) is 0 Å². The van der Waals surface area contributed by atoms with Crippen LogP contribution in [0.4, 0.5) is 0 Å². The maximum atomic E-state index is 12.1. The number of sulfonamides is 1. The van der Waals surface area contributed by atoms with Crippen LogP contribution in [0.3, 0.4) is 0 Å². The van der Waals surface area contributed by atoms with E-state index in [2.05, 4.69) is 10.0 Å². The highest BCUT2D eigenvalue weighted by atomic mass is 35.5. The fourth-order valence-corrected chi connectivity index (χ4v) is 4.08. The average Bonchev–Trinajstić information content (AvgIpc) is 3.06. The quantitative estimate of drug-likeness (QED) is 0.680. The van der Waals surface area contributed by atoms with Crippen LogP contribution in [0.5, 0.6) is 0 Å². The Morgan fingerprint density at radius 3 is 2.92 bits per heavy atom. The van der Waals surface area contributed by atoms with Crippen molar-refractivity contribution in [1.29, 1.82) is 0 Å². The zero-order valence-corrected chi connectivity index (χ0v) is 15.9. The highest BCUT2D eigenvalue weighted by Crippen LogP contribution is 2.17. The van der Waals surface area contributed by atoms with Crippen LogP contribution in [-0.4, -0.2) is 39.6 Å². The summed E-state index contributed by atoms with van der Waals surface area (Å²) < 4.78 is 32.2. The molecule has 0 aliphatic carbocycles. The Balaban J connectivity index is 1.68. The van der Waals surface area contributed by atoms with Crippen molar-refractivity contribution in [1.82, 2.24) is 10.0 Å². The second-order valence-electron chi connectivity index (χ2n) is 6.29. The van der Waals surface area contributed by atoms with E-state index in [9.17, 15) is 13.2 Å². The highest BCUT2D eigenvalue weighted by molar-refractivity contribution is 7.89. The van der Waals surface area contributed by atoms with Gasteiger partial charge in [0.05, 0.1) is 11.0 Å². The Labute approximate surface area is 154 Å². The average molecular weight is 389 g/mol. The highest BCUT2D eigenvalue weighted by Gasteiger charge is 2.18. The van der Waals surface area contributed by atoms with Gasteiger partial charge in [0.15, 0.2) is 0 Å². The number of carbonyl (C=O) groups is 1. The molecule has 1 aromatic rings. The molecule has 140 valence electrons. The molecule has 1 aromatic carbocycles. The van der Waals surface area contributed by atoms with E-state index in [1.54, 1.807) is 12.1 Å². The van der Waals surface area contributed by atoms with Gasteiger partial charge >= 0.3 is 0 Å². The molecule has 0 bridgehead atoms. The van der Waals surface area contributed by atoms with Gasteiger partial charge in [-0.25, -0.2) is 13.1 Å². The van der Waals surface area contributed by atoms with E-state index in [1.807, 2.05) is 6.92 Å². The van der Waals surface area contributed by atoms with Gasteiger partial charge in [0.1, 0.15) is 0 Å². The zero-order chi connectivity index (χ0) is 18.3. The second kappa shape index (κ2) is 9.52. The molecule has 2 N–H and O–H groups in total. The predicted octanol–water partition coefficient (Wildman–Crippen LogP) is 2.47. The molecule has 2 rings (SSSR count). The fourth-order valence-electron chi connectivity index (χ4n) is 2.74. The molecule has 1 fully saturated rings. The van der Waals surface area contributed by atoms with Gasteiger partial charge in [0, 0.05) is 30.6 Å². The maximum Gasteiger partial charge on any atom is 0.240 e. The number of rotatable bonds is 9. The first-order valence-electron chi connectivity index (χ1n) is 8.53. The van der Waals surface area contributed by atoms with Gasteiger partial charge in [0.25, 0.3) is 0 Å². The van der Waals surface area contributed by atoms with Crippen molar-refractivity contribution in [2.75, 3.05) is 13.2 Å². The van der Waals surface area contributed by atoms with Gasteiger partial charge in [-0.15, -0.1) is 0 Å². The van der Waals surface area contributed by atoms with E-state index in [0.29, 0.717) is 11.1 Å². The standard InChI is InChI=1S/C17H25ClN2O4S/c1-13(7-8-15-5-3-11-24-15)20-17(21)9-10-19-25(22,23)16-6-2-4-14(18)12-16/h2,4,6,12-13,15,19H,3,5,7-11H2,1H3,(H,20,21). The summed E-state index contributed by atoms with van der Waals surface area (Å²) in [5.41, 5.74) is 0. The van der Waals surface area contributed by atoms with Crippen LogP contribution in [-0.2, 0) is 19.6 Å². The van der Waals surface area contributed by atoms with Crippen molar-refractivity contribution in [3.63, 3.8) is 0 Å².